The number of anilines is 1. The topological polar surface area (TPSA) is 102 Å². The molecule has 1 atom stereocenters. The maximum absolute atomic E-state index is 13.2. The third-order valence-corrected chi connectivity index (χ3v) is 5.59. The first kappa shape index (κ1) is 22.4. The fraction of sp³-hybridized carbons (Fsp3) is 0.391. The summed E-state index contributed by atoms with van der Waals surface area (Å²) in [6.07, 6.45) is 1.61. The predicted octanol–water partition coefficient (Wildman–Crippen LogP) is 3.78. The normalized spacial score (nSPS) is 15.5. The van der Waals surface area contributed by atoms with Gasteiger partial charge in [0.15, 0.2) is 0 Å². The minimum atomic E-state index is -0.481. The molecule has 1 fully saturated rings. The van der Waals surface area contributed by atoms with Gasteiger partial charge in [-0.15, -0.1) is 0 Å². The lowest BCUT2D eigenvalue weighted by Crippen LogP contribution is -2.42. The zero-order chi connectivity index (χ0) is 22.5. The summed E-state index contributed by atoms with van der Waals surface area (Å²) in [7, 11) is 0. The number of hydrogen-bond donors (Lipinski definition) is 1. The number of rotatable bonds is 7. The highest BCUT2D eigenvalue weighted by Gasteiger charge is 2.26. The Morgan fingerprint density at radius 3 is 2.61 bits per heavy atom. The van der Waals surface area contributed by atoms with E-state index >= 15 is 0 Å². The quantitative estimate of drug-likeness (QED) is 0.537. The van der Waals surface area contributed by atoms with Crippen molar-refractivity contribution in [1.29, 1.82) is 0 Å². The number of nitrogens with one attached hydrogen (secondary N) is 1. The van der Waals surface area contributed by atoms with Gasteiger partial charge in [0, 0.05) is 36.0 Å². The van der Waals surface area contributed by atoms with E-state index in [1.165, 1.54) is 23.1 Å². The van der Waals surface area contributed by atoms with Crippen LogP contribution in [0.5, 0.6) is 0 Å². The van der Waals surface area contributed by atoms with Crippen molar-refractivity contribution in [2.45, 2.75) is 39.7 Å². The van der Waals surface area contributed by atoms with Crippen molar-refractivity contribution < 1.29 is 19.2 Å². The maximum Gasteiger partial charge on any atom is 0.272 e. The molecule has 1 aliphatic heterocycles. The number of benzene rings is 2. The number of nitrogens with zero attached hydrogens (tertiary/aromatic N) is 2. The molecule has 8 heteroatoms. The molecule has 1 heterocycles. The Hall–Kier alpha value is -3.26. The summed E-state index contributed by atoms with van der Waals surface area (Å²) >= 11 is 0. The molecule has 1 N–H and O–H groups in total. The lowest BCUT2D eigenvalue weighted by Gasteiger charge is -2.25. The summed E-state index contributed by atoms with van der Waals surface area (Å²) in [5.74, 6) is -0.664. The second kappa shape index (κ2) is 9.70. The van der Waals surface area contributed by atoms with Crippen LogP contribution < -0.4 is 5.32 Å². The van der Waals surface area contributed by atoms with Crippen molar-refractivity contribution >= 4 is 23.2 Å². The van der Waals surface area contributed by atoms with Crippen LogP contribution in [-0.2, 0) is 9.53 Å². The summed E-state index contributed by atoms with van der Waals surface area (Å²) < 4.78 is 5.66. The van der Waals surface area contributed by atoms with Crippen molar-refractivity contribution in [2.75, 3.05) is 25.0 Å². The predicted molar refractivity (Wildman–Crippen MR) is 117 cm³/mol. The lowest BCUT2D eigenvalue weighted by atomic mass is 10.1. The Kier molecular flexibility index (Phi) is 7.02. The smallest absolute Gasteiger partial charge is 0.272 e. The van der Waals surface area contributed by atoms with E-state index in [1.54, 1.807) is 6.92 Å². The standard InChI is InChI=1S/C23H27N3O5/c1-15-6-4-8-20(17(15)3)24-22(27)14-25(13-19-7-5-11-31-19)23(28)18-9-10-21(26(29)30)16(2)12-18/h4,6,8-10,12,19H,5,7,11,13-14H2,1-3H3,(H,24,27)/t19-/m1/s1. The Bertz CT molecular complexity index is 999. The molecule has 1 aliphatic rings. The van der Waals surface area contributed by atoms with Crippen molar-refractivity contribution in [1.82, 2.24) is 4.90 Å². The minimum Gasteiger partial charge on any atom is -0.376 e. The molecule has 0 spiro atoms. The monoisotopic (exact) mass is 425 g/mol. The minimum absolute atomic E-state index is 0.0464. The maximum atomic E-state index is 13.2. The SMILES string of the molecule is Cc1cc(C(=O)N(CC(=O)Nc2cccc(C)c2C)C[C@H]2CCCO2)ccc1[N+](=O)[O-]. The van der Waals surface area contributed by atoms with Gasteiger partial charge in [0.25, 0.3) is 11.6 Å². The van der Waals surface area contributed by atoms with Gasteiger partial charge in [-0.2, -0.15) is 0 Å². The van der Waals surface area contributed by atoms with Crippen LogP contribution in [0.4, 0.5) is 11.4 Å². The van der Waals surface area contributed by atoms with Crippen LogP contribution in [0.2, 0.25) is 0 Å². The third-order valence-electron chi connectivity index (χ3n) is 5.59. The van der Waals surface area contributed by atoms with E-state index in [-0.39, 0.29) is 36.7 Å². The Morgan fingerprint density at radius 2 is 1.97 bits per heavy atom. The molecule has 164 valence electrons. The van der Waals surface area contributed by atoms with Crippen LogP contribution >= 0.6 is 0 Å². The molecule has 0 unspecified atom stereocenters. The zero-order valence-corrected chi connectivity index (χ0v) is 18.0. The fourth-order valence-corrected chi connectivity index (χ4v) is 3.68. The number of amides is 2. The molecule has 0 radical (unpaired) electrons. The van der Waals surface area contributed by atoms with Gasteiger partial charge >= 0.3 is 0 Å². The summed E-state index contributed by atoms with van der Waals surface area (Å²) in [5.41, 5.74) is 3.40. The van der Waals surface area contributed by atoms with Gasteiger partial charge in [0.1, 0.15) is 6.54 Å². The van der Waals surface area contributed by atoms with Gasteiger partial charge < -0.3 is 15.0 Å². The summed E-state index contributed by atoms with van der Waals surface area (Å²) in [6.45, 7) is 6.27. The van der Waals surface area contributed by atoms with E-state index in [0.29, 0.717) is 23.4 Å². The van der Waals surface area contributed by atoms with Crippen molar-refractivity contribution in [3.8, 4) is 0 Å². The van der Waals surface area contributed by atoms with Gasteiger partial charge in [-0.25, -0.2) is 0 Å². The Balaban J connectivity index is 1.79. The molecule has 3 rings (SSSR count). The highest BCUT2D eigenvalue weighted by molar-refractivity contribution is 6.00. The third kappa shape index (κ3) is 5.46. The van der Waals surface area contributed by atoms with Crippen molar-refractivity contribution in [2.24, 2.45) is 0 Å². The molecule has 0 aromatic heterocycles. The van der Waals surface area contributed by atoms with E-state index in [1.807, 2.05) is 32.0 Å². The van der Waals surface area contributed by atoms with Crippen LogP contribution in [0.15, 0.2) is 36.4 Å². The Morgan fingerprint density at radius 1 is 1.19 bits per heavy atom. The van der Waals surface area contributed by atoms with E-state index in [9.17, 15) is 19.7 Å². The van der Waals surface area contributed by atoms with E-state index in [2.05, 4.69) is 5.32 Å². The molecule has 0 aliphatic carbocycles. The first-order chi connectivity index (χ1) is 14.8. The van der Waals surface area contributed by atoms with E-state index < -0.39 is 4.92 Å². The van der Waals surface area contributed by atoms with Gasteiger partial charge in [0.05, 0.1) is 11.0 Å². The van der Waals surface area contributed by atoms with Crippen LogP contribution in [-0.4, -0.2) is 47.4 Å². The molecule has 31 heavy (non-hydrogen) atoms. The number of aryl methyl sites for hydroxylation is 2. The van der Waals surface area contributed by atoms with E-state index in [0.717, 1.165) is 24.0 Å². The largest absolute Gasteiger partial charge is 0.376 e. The summed E-state index contributed by atoms with van der Waals surface area (Å²) in [5, 5.41) is 14.0. The first-order valence-corrected chi connectivity index (χ1v) is 10.3. The first-order valence-electron chi connectivity index (χ1n) is 10.3. The Labute approximate surface area is 181 Å². The van der Waals surface area contributed by atoms with Gasteiger partial charge in [0.2, 0.25) is 5.91 Å². The molecule has 1 saturated heterocycles. The summed E-state index contributed by atoms with van der Waals surface area (Å²) in [6, 6.07) is 9.90. The van der Waals surface area contributed by atoms with Crippen LogP contribution in [0.1, 0.15) is 39.9 Å². The lowest BCUT2D eigenvalue weighted by molar-refractivity contribution is -0.385. The molecule has 8 nitrogen and oxygen atoms in total. The van der Waals surface area contributed by atoms with Crippen molar-refractivity contribution in [3.63, 3.8) is 0 Å². The molecule has 2 amide bonds. The van der Waals surface area contributed by atoms with Gasteiger partial charge in [-0.05, 0) is 62.9 Å². The van der Waals surface area contributed by atoms with Crippen LogP contribution in [0, 0.1) is 30.9 Å². The number of nitro groups is 1. The average Bonchev–Trinajstić information content (AvgIpc) is 3.23. The highest BCUT2D eigenvalue weighted by atomic mass is 16.6. The van der Waals surface area contributed by atoms with E-state index in [4.69, 9.17) is 4.74 Å². The average molecular weight is 425 g/mol. The molecular formula is C23H27N3O5. The fourth-order valence-electron chi connectivity index (χ4n) is 3.68. The number of carbonyl (C=O) groups is 2. The number of carbonyl (C=O) groups excluding carboxylic acids is 2. The molecule has 2 aromatic rings. The van der Waals surface area contributed by atoms with Gasteiger partial charge in [-0.3, -0.25) is 19.7 Å². The molecule has 0 saturated carbocycles. The van der Waals surface area contributed by atoms with Crippen LogP contribution in [0.25, 0.3) is 0 Å². The van der Waals surface area contributed by atoms with Crippen LogP contribution in [0.3, 0.4) is 0 Å². The molecule has 0 bridgehead atoms. The second-order valence-electron chi connectivity index (χ2n) is 7.87. The molecular weight excluding hydrogens is 398 g/mol. The number of hydrogen-bond acceptors (Lipinski definition) is 5. The van der Waals surface area contributed by atoms with Gasteiger partial charge in [-0.1, -0.05) is 12.1 Å². The number of ether oxygens (including phenoxy) is 1. The van der Waals surface area contributed by atoms with Crippen molar-refractivity contribution in [3.05, 3.63) is 68.8 Å². The highest BCUT2D eigenvalue weighted by Crippen LogP contribution is 2.22. The zero-order valence-electron chi connectivity index (χ0n) is 18.0. The number of nitro benzene ring substituents is 1. The second-order valence-corrected chi connectivity index (χ2v) is 7.87. The molecule has 2 aromatic carbocycles. The summed E-state index contributed by atoms with van der Waals surface area (Å²) in [4.78, 5) is 38.0.